The van der Waals surface area contributed by atoms with Crippen LogP contribution in [0.15, 0.2) is 24.4 Å². The van der Waals surface area contributed by atoms with Crippen LogP contribution in [-0.2, 0) is 11.3 Å². The van der Waals surface area contributed by atoms with Crippen LogP contribution in [0.25, 0.3) is 21.0 Å². The number of benzene rings is 1. The van der Waals surface area contributed by atoms with Gasteiger partial charge in [0, 0.05) is 34.8 Å². The number of rotatable bonds is 7. The van der Waals surface area contributed by atoms with Gasteiger partial charge in [-0.3, -0.25) is 9.78 Å². The van der Waals surface area contributed by atoms with Crippen LogP contribution in [0.2, 0.25) is 0 Å². The Morgan fingerprint density at radius 1 is 1.22 bits per heavy atom. The average Bonchev–Trinajstić information content (AvgIpc) is 3.06. The molecule has 6 heteroatoms. The van der Waals surface area contributed by atoms with Crippen LogP contribution in [0, 0.1) is 5.92 Å². The molecular formula is C21H26N2O3S. The van der Waals surface area contributed by atoms with Gasteiger partial charge in [0.2, 0.25) is 5.91 Å². The monoisotopic (exact) mass is 386 g/mol. The van der Waals surface area contributed by atoms with E-state index in [1.165, 1.54) is 0 Å². The molecule has 0 atom stereocenters. The number of fused-ring (bicyclic) bond motifs is 2. The van der Waals surface area contributed by atoms with Crippen LogP contribution in [0.1, 0.15) is 32.1 Å². The molecule has 0 saturated heterocycles. The minimum atomic E-state index is 0.190. The Hall–Kier alpha value is -2.34. The van der Waals surface area contributed by atoms with Crippen LogP contribution in [0.3, 0.4) is 0 Å². The molecule has 1 aromatic carbocycles. The standard InChI is InChI=1S/C21H26N2O3S/c1-6-23(17(24)10-13(2)3)12-14-11-16-19(25-4)18-15(8-7-9-22-18)20(26-5)21(16)27-14/h7-9,11,13H,6,10,12H2,1-5H3. The van der Waals surface area contributed by atoms with E-state index in [1.807, 2.05) is 24.0 Å². The van der Waals surface area contributed by atoms with E-state index in [-0.39, 0.29) is 5.91 Å². The predicted octanol–water partition coefficient (Wildman–Crippen LogP) is 4.86. The molecule has 0 aliphatic carbocycles. The maximum atomic E-state index is 12.5. The number of thiophene rings is 1. The average molecular weight is 387 g/mol. The lowest BCUT2D eigenvalue weighted by Crippen LogP contribution is -2.30. The summed E-state index contributed by atoms with van der Waals surface area (Å²) in [5.41, 5.74) is 0.789. The van der Waals surface area contributed by atoms with Crippen LogP contribution < -0.4 is 9.47 Å². The second kappa shape index (κ2) is 8.13. The van der Waals surface area contributed by atoms with Gasteiger partial charge < -0.3 is 14.4 Å². The molecule has 3 aromatic rings. The van der Waals surface area contributed by atoms with Gasteiger partial charge in [-0.1, -0.05) is 13.8 Å². The highest BCUT2D eigenvalue weighted by atomic mass is 32.1. The van der Waals surface area contributed by atoms with Gasteiger partial charge in [-0.15, -0.1) is 11.3 Å². The largest absolute Gasteiger partial charge is 0.495 e. The van der Waals surface area contributed by atoms with E-state index in [1.54, 1.807) is 31.8 Å². The van der Waals surface area contributed by atoms with Gasteiger partial charge in [0.15, 0.2) is 5.75 Å². The smallest absolute Gasteiger partial charge is 0.223 e. The molecule has 27 heavy (non-hydrogen) atoms. The number of methoxy groups -OCH3 is 2. The molecule has 0 fully saturated rings. The Kier molecular flexibility index (Phi) is 5.85. The number of carbonyl (C=O) groups is 1. The van der Waals surface area contributed by atoms with Gasteiger partial charge in [-0.05, 0) is 31.0 Å². The van der Waals surface area contributed by atoms with Crippen molar-refractivity contribution in [3.8, 4) is 11.5 Å². The van der Waals surface area contributed by atoms with Crippen molar-refractivity contribution in [1.29, 1.82) is 0 Å². The Labute approximate surface area is 163 Å². The number of nitrogens with zero attached hydrogens (tertiary/aromatic N) is 2. The molecule has 0 bridgehead atoms. The molecule has 0 aliphatic heterocycles. The minimum absolute atomic E-state index is 0.190. The zero-order chi connectivity index (χ0) is 19.6. The summed E-state index contributed by atoms with van der Waals surface area (Å²) in [7, 11) is 3.34. The van der Waals surface area contributed by atoms with E-state index in [4.69, 9.17) is 9.47 Å². The molecule has 1 amide bonds. The Balaban J connectivity index is 2.09. The number of ether oxygens (including phenoxy) is 2. The third-order valence-electron chi connectivity index (χ3n) is 4.57. The molecule has 0 radical (unpaired) electrons. The maximum Gasteiger partial charge on any atom is 0.223 e. The quantitative estimate of drug-likeness (QED) is 0.582. The highest BCUT2D eigenvalue weighted by molar-refractivity contribution is 7.19. The fourth-order valence-corrected chi connectivity index (χ4v) is 4.54. The fourth-order valence-electron chi connectivity index (χ4n) is 3.33. The zero-order valence-electron chi connectivity index (χ0n) is 16.5. The Bertz CT molecular complexity index is 904. The highest BCUT2D eigenvalue weighted by Gasteiger charge is 2.21. The number of hydrogen-bond donors (Lipinski definition) is 0. The van der Waals surface area contributed by atoms with Crippen LogP contribution in [-0.4, -0.2) is 36.6 Å². The van der Waals surface area contributed by atoms with E-state index in [2.05, 4.69) is 24.9 Å². The lowest BCUT2D eigenvalue weighted by Gasteiger charge is -2.21. The number of hydrogen-bond acceptors (Lipinski definition) is 5. The van der Waals surface area contributed by atoms with Crippen molar-refractivity contribution in [2.45, 2.75) is 33.7 Å². The maximum absolute atomic E-state index is 12.5. The topological polar surface area (TPSA) is 51.7 Å². The third-order valence-corrected chi connectivity index (χ3v) is 5.69. The summed E-state index contributed by atoms with van der Waals surface area (Å²) < 4.78 is 12.4. The molecule has 3 rings (SSSR count). The second-order valence-electron chi connectivity index (χ2n) is 6.93. The summed E-state index contributed by atoms with van der Waals surface area (Å²) in [6.45, 7) is 7.44. The molecule has 144 valence electrons. The van der Waals surface area contributed by atoms with Gasteiger partial charge in [-0.25, -0.2) is 0 Å². The third kappa shape index (κ3) is 3.72. The van der Waals surface area contributed by atoms with Crippen molar-refractivity contribution < 1.29 is 14.3 Å². The van der Waals surface area contributed by atoms with Gasteiger partial charge in [0.05, 0.1) is 25.5 Å². The first-order valence-corrected chi connectivity index (χ1v) is 10.0. The van der Waals surface area contributed by atoms with E-state index in [0.29, 0.717) is 25.4 Å². The van der Waals surface area contributed by atoms with E-state index in [0.717, 1.165) is 37.4 Å². The molecular weight excluding hydrogens is 360 g/mol. The van der Waals surface area contributed by atoms with Crippen molar-refractivity contribution in [3.63, 3.8) is 0 Å². The Morgan fingerprint density at radius 2 is 1.96 bits per heavy atom. The summed E-state index contributed by atoms with van der Waals surface area (Å²) >= 11 is 1.65. The molecule has 0 N–H and O–H groups in total. The first-order chi connectivity index (χ1) is 13.0. The summed E-state index contributed by atoms with van der Waals surface area (Å²) in [5.74, 6) is 2.10. The summed E-state index contributed by atoms with van der Waals surface area (Å²) in [4.78, 5) is 20.0. The normalized spacial score (nSPS) is 11.3. The fraction of sp³-hybridized carbons (Fsp3) is 0.429. The number of amides is 1. The summed E-state index contributed by atoms with van der Waals surface area (Å²) in [6.07, 6.45) is 2.33. The minimum Gasteiger partial charge on any atom is -0.495 e. The molecule has 2 heterocycles. The van der Waals surface area contributed by atoms with E-state index >= 15 is 0 Å². The first kappa shape index (κ1) is 19.4. The van der Waals surface area contributed by atoms with E-state index in [9.17, 15) is 4.79 Å². The number of pyridine rings is 1. The van der Waals surface area contributed by atoms with Crippen molar-refractivity contribution in [2.24, 2.45) is 5.92 Å². The predicted molar refractivity (Wildman–Crippen MR) is 111 cm³/mol. The van der Waals surface area contributed by atoms with Gasteiger partial charge >= 0.3 is 0 Å². The molecule has 0 spiro atoms. The molecule has 0 aliphatic rings. The number of carbonyl (C=O) groups excluding carboxylic acids is 1. The highest BCUT2D eigenvalue weighted by Crippen LogP contribution is 2.45. The van der Waals surface area contributed by atoms with Gasteiger partial charge in [0.25, 0.3) is 0 Å². The zero-order valence-corrected chi connectivity index (χ0v) is 17.4. The Morgan fingerprint density at radius 3 is 2.59 bits per heavy atom. The number of aromatic nitrogens is 1. The van der Waals surface area contributed by atoms with E-state index < -0.39 is 0 Å². The second-order valence-corrected chi connectivity index (χ2v) is 8.06. The van der Waals surface area contributed by atoms with Gasteiger partial charge in [-0.2, -0.15) is 0 Å². The SMILES string of the molecule is CCN(Cc1cc2c(OC)c3ncccc3c(OC)c2s1)C(=O)CC(C)C. The van der Waals surface area contributed by atoms with Crippen molar-refractivity contribution in [1.82, 2.24) is 9.88 Å². The summed E-state index contributed by atoms with van der Waals surface area (Å²) in [5, 5.41) is 1.91. The first-order valence-electron chi connectivity index (χ1n) is 9.18. The van der Waals surface area contributed by atoms with Crippen molar-refractivity contribution >= 4 is 38.2 Å². The molecule has 5 nitrogen and oxygen atoms in total. The van der Waals surface area contributed by atoms with Crippen LogP contribution >= 0.6 is 11.3 Å². The molecule has 0 saturated carbocycles. The molecule has 2 aromatic heterocycles. The van der Waals surface area contributed by atoms with Crippen LogP contribution in [0.5, 0.6) is 11.5 Å². The van der Waals surface area contributed by atoms with Crippen LogP contribution in [0.4, 0.5) is 0 Å². The summed E-state index contributed by atoms with van der Waals surface area (Å²) in [6, 6.07) is 5.99. The van der Waals surface area contributed by atoms with Crippen molar-refractivity contribution in [2.75, 3.05) is 20.8 Å². The van der Waals surface area contributed by atoms with Crippen molar-refractivity contribution in [3.05, 3.63) is 29.3 Å². The molecule has 0 unspecified atom stereocenters. The lowest BCUT2D eigenvalue weighted by molar-refractivity contribution is -0.132. The van der Waals surface area contributed by atoms with Gasteiger partial charge in [0.1, 0.15) is 11.3 Å². The lowest BCUT2D eigenvalue weighted by atomic mass is 10.1.